The number of fused-ring (bicyclic) bond motifs is 1. The van der Waals surface area contributed by atoms with Crippen LogP contribution in [0.5, 0.6) is 0 Å². The van der Waals surface area contributed by atoms with E-state index >= 15 is 0 Å². The van der Waals surface area contributed by atoms with Crippen LogP contribution in [0.25, 0.3) is 5.78 Å². The maximum absolute atomic E-state index is 12.3. The number of amides is 1. The Kier molecular flexibility index (Phi) is 3.50. The summed E-state index contributed by atoms with van der Waals surface area (Å²) in [5.74, 6) is 0.303. The quantitative estimate of drug-likeness (QED) is 0.780. The van der Waals surface area contributed by atoms with Gasteiger partial charge in [-0.15, -0.1) is 0 Å². The van der Waals surface area contributed by atoms with E-state index in [4.69, 9.17) is 0 Å². The number of nitrogens with zero attached hydrogens (tertiary/aromatic N) is 2. The minimum Gasteiger partial charge on any atom is -0.330 e. The van der Waals surface area contributed by atoms with E-state index in [0.29, 0.717) is 17.4 Å². The van der Waals surface area contributed by atoms with Crippen LogP contribution in [-0.4, -0.2) is 20.3 Å². The standard InChI is InChI=1S/C16H16N4O2.2H2/c1-10(2)11-4-3-5-12(8-11)19-14(21)13-9-18-16-17-6-7-20(16)15(13)22;;/h3-10H,1-2H3,(H,17,18)(H,19,21);2*1H. The van der Waals surface area contributed by atoms with E-state index in [1.54, 1.807) is 18.5 Å². The summed E-state index contributed by atoms with van der Waals surface area (Å²) in [7, 11) is 0. The van der Waals surface area contributed by atoms with Crippen molar-refractivity contribution in [1.29, 1.82) is 0 Å². The summed E-state index contributed by atoms with van der Waals surface area (Å²) < 4.78 is 1.31. The number of benzene rings is 1. The van der Waals surface area contributed by atoms with Crippen LogP contribution in [0.2, 0.25) is 0 Å². The first-order valence-electron chi connectivity index (χ1n) is 7.02. The highest BCUT2D eigenvalue weighted by Gasteiger charge is 2.14. The molecule has 6 nitrogen and oxygen atoms in total. The first kappa shape index (κ1) is 14.1. The minimum atomic E-state index is -0.464. The highest BCUT2D eigenvalue weighted by atomic mass is 16.2. The van der Waals surface area contributed by atoms with Gasteiger partial charge in [-0.05, 0) is 23.6 Å². The van der Waals surface area contributed by atoms with E-state index in [9.17, 15) is 9.59 Å². The first-order chi connectivity index (χ1) is 10.6. The zero-order chi connectivity index (χ0) is 15.7. The van der Waals surface area contributed by atoms with Crippen molar-refractivity contribution in [3.8, 4) is 0 Å². The summed E-state index contributed by atoms with van der Waals surface area (Å²) in [5.41, 5.74) is 1.39. The fourth-order valence-electron chi connectivity index (χ4n) is 2.23. The highest BCUT2D eigenvalue weighted by molar-refractivity contribution is 6.03. The highest BCUT2D eigenvalue weighted by Crippen LogP contribution is 2.18. The molecule has 1 amide bonds. The fraction of sp³-hybridized carbons (Fsp3) is 0.188. The molecule has 22 heavy (non-hydrogen) atoms. The maximum atomic E-state index is 12.3. The lowest BCUT2D eigenvalue weighted by Gasteiger charge is -2.09. The molecular weight excluding hydrogens is 280 g/mol. The maximum Gasteiger partial charge on any atom is 0.271 e. The molecule has 3 aromatic rings. The molecule has 0 fully saturated rings. The van der Waals surface area contributed by atoms with Gasteiger partial charge in [-0.1, -0.05) is 26.0 Å². The fourth-order valence-corrected chi connectivity index (χ4v) is 2.23. The molecule has 0 aliphatic heterocycles. The van der Waals surface area contributed by atoms with Gasteiger partial charge in [0, 0.05) is 27.1 Å². The average Bonchev–Trinajstić information content (AvgIpc) is 2.97. The van der Waals surface area contributed by atoms with Crippen LogP contribution in [0.3, 0.4) is 0 Å². The predicted octanol–water partition coefficient (Wildman–Crippen LogP) is 2.89. The smallest absolute Gasteiger partial charge is 0.271 e. The third-order valence-corrected chi connectivity index (χ3v) is 3.49. The third-order valence-electron chi connectivity index (χ3n) is 3.49. The summed E-state index contributed by atoms with van der Waals surface area (Å²) in [6.45, 7) is 4.16. The average molecular weight is 300 g/mol. The molecule has 116 valence electrons. The number of nitrogens with one attached hydrogen (secondary N) is 2. The molecule has 0 atom stereocenters. The zero-order valence-electron chi connectivity index (χ0n) is 12.3. The number of aromatic nitrogens is 3. The van der Waals surface area contributed by atoms with Crippen molar-refractivity contribution in [3.05, 3.63) is 64.3 Å². The summed E-state index contributed by atoms with van der Waals surface area (Å²) in [6, 6.07) is 7.58. The monoisotopic (exact) mass is 300 g/mol. The molecule has 2 heterocycles. The first-order valence-corrected chi connectivity index (χ1v) is 7.02. The summed E-state index contributed by atoms with van der Waals surface area (Å²) in [4.78, 5) is 31.4. The second-order valence-corrected chi connectivity index (χ2v) is 5.36. The normalized spacial score (nSPS) is 11.0. The van der Waals surface area contributed by atoms with Gasteiger partial charge in [0.15, 0.2) is 0 Å². The summed E-state index contributed by atoms with van der Waals surface area (Å²) in [6.07, 6.45) is 4.42. The Morgan fingerprint density at radius 1 is 1.41 bits per heavy atom. The van der Waals surface area contributed by atoms with Crippen molar-refractivity contribution in [2.45, 2.75) is 19.8 Å². The van der Waals surface area contributed by atoms with Gasteiger partial charge >= 0.3 is 0 Å². The van der Waals surface area contributed by atoms with Crippen LogP contribution in [0, 0.1) is 0 Å². The van der Waals surface area contributed by atoms with Crippen LogP contribution in [0.1, 0.15) is 38.5 Å². The van der Waals surface area contributed by atoms with Crippen LogP contribution in [0.15, 0.2) is 47.7 Å². The molecule has 2 aromatic heterocycles. The Labute approximate surface area is 129 Å². The Morgan fingerprint density at radius 2 is 2.23 bits per heavy atom. The molecular formula is C16H20N4O2. The lowest BCUT2D eigenvalue weighted by atomic mass is 10.0. The second kappa shape index (κ2) is 5.48. The third kappa shape index (κ3) is 2.50. The number of anilines is 1. The van der Waals surface area contributed by atoms with Gasteiger partial charge in [0.25, 0.3) is 11.5 Å². The van der Waals surface area contributed by atoms with Crippen molar-refractivity contribution >= 4 is 17.4 Å². The van der Waals surface area contributed by atoms with E-state index in [-0.39, 0.29) is 8.42 Å². The lowest BCUT2D eigenvalue weighted by Crippen LogP contribution is -2.26. The molecule has 0 saturated heterocycles. The molecule has 1 aromatic carbocycles. The van der Waals surface area contributed by atoms with E-state index in [2.05, 4.69) is 29.1 Å². The molecule has 0 aliphatic carbocycles. The number of carbonyl (C=O) groups is 1. The van der Waals surface area contributed by atoms with Crippen molar-refractivity contribution < 1.29 is 7.65 Å². The number of carbonyl (C=O) groups excluding carboxylic acids is 1. The Bertz CT molecular complexity index is 902. The van der Waals surface area contributed by atoms with Gasteiger partial charge in [0.2, 0.25) is 5.78 Å². The van der Waals surface area contributed by atoms with Crippen LogP contribution >= 0.6 is 0 Å². The molecule has 0 spiro atoms. The summed E-state index contributed by atoms with van der Waals surface area (Å²) in [5, 5.41) is 2.75. The largest absolute Gasteiger partial charge is 0.330 e. The van der Waals surface area contributed by atoms with Crippen molar-refractivity contribution in [2.24, 2.45) is 0 Å². The molecule has 2 N–H and O–H groups in total. The SMILES string of the molecule is CC(C)c1cccc(NC(=O)c2cnc3[nH]ccn3c2=O)c1.[HH].[HH]. The van der Waals surface area contributed by atoms with Gasteiger partial charge in [0.05, 0.1) is 0 Å². The van der Waals surface area contributed by atoms with Gasteiger partial charge in [-0.2, -0.15) is 0 Å². The van der Waals surface area contributed by atoms with Gasteiger partial charge < -0.3 is 10.3 Å². The Hall–Kier alpha value is -2.89. The molecule has 0 bridgehead atoms. The number of aromatic amines is 1. The Balaban J connectivity index is 0.00000144. The number of hydrogen-bond acceptors (Lipinski definition) is 3. The molecule has 0 aliphatic rings. The lowest BCUT2D eigenvalue weighted by molar-refractivity contribution is 0.102. The molecule has 0 radical (unpaired) electrons. The van der Waals surface area contributed by atoms with Gasteiger partial charge in [-0.25, -0.2) is 4.98 Å². The van der Waals surface area contributed by atoms with Gasteiger partial charge in [0.1, 0.15) is 5.56 Å². The molecule has 3 rings (SSSR count). The molecule has 6 heteroatoms. The zero-order valence-corrected chi connectivity index (χ0v) is 12.3. The minimum absolute atomic E-state index is 0. The van der Waals surface area contributed by atoms with Crippen molar-refractivity contribution in [2.75, 3.05) is 5.32 Å². The number of imidazole rings is 1. The Morgan fingerprint density at radius 3 is 3.00 bits per heavy atom. The van der Waals surface area contributed by atoms with Crippen LogP contribution < -0.4 is 10.9 Å². The predicted molar refractivity (Wildman–Crippen MR) is 88.5 cm³/mol. The number of rotatable bonds is 3. The second-order valence-electron chi connectivity index (χ2n) is 5.36. The molecule has 0 saturated carbocycles. The van der Waals surface area contributed by atoms with E-state index in [1.807, 2.05) is 18.2 Å². The van der Waals surface area contributed by atoms with Crippen LogP contribution in [-0.2, 0) is 0 Å². The summed E-state index contributed by atoms with van der Waals surface area (Å²) >= 11 is 0. The molecule has 0 unspecified atom stereocenters. The van der Waals surface area contributed by atoms with E-state index < -0.39 is 11.5 Å². The van der Waals surface area contributed by atoms with E-state index in [1.165, 1.54) is 10.6 Å². The number of hydrogen-bond donors (Lipinski definition) is 2. The van der Waals surface area contributed by atoms with E-state index in [0.717, 1.165) is 5.56 Å². The topological polar surface area (TPSA) is 79.3 Å². The van der Waals surface area contributed by atoms with Crippen molar-refractivity contribution in [3.63, 3.8) is 0 Å². The van der Waals surface area contributed by atoms with Crippen LogP contribution in [0.4, 0.5) is 5.69 Å². The number of H-pyrrole nitrogens is 1. The van der Waals surface area contributed by atoms with Crippen molar-refractivity contribution in [1.82, 2.24) is 14.4 Å². The van der Waals surface area contributed by atoms with Gasteiger partial charge in [-0.3, -0.25) is 14.0 Å².